The molecule has 0 spiro atoms. The predicted octanol–water partition coefficient (Wildman–Crippen LogP) is 3.09. The largest absolute Gasteiger partial charge is 0.476 e. The highest BCUT2D eigenvalue weighted by Crippen LogP contribution is 2.30. The number of rotatable bonds is 7. The molecule has 5 heteroatoms. The Bertz CT molecular complexity index is 644. The molecule has 0 bridgehead atoms. The van der Waals surface area contributed by atoms with Gasteiger partial charge in [0.05, 0.1) is 6.54 Å². The van der Waals surface area contributed by atoms with Gasteiger partial charge in [0.1, 0.15) is 6.26 Å². The number of aryl methyl sites for hydroxylation is 1. The SMILES string of the molecule is Cc1ccc(CN(Cc2nc(C(=O)O)co2)CC2CC2)cc1. The second-order valence-corrected chi connectivity index (χ2v) is 6.03. The van der Waals surface area contributed by atoms with E-state index in [0.717, 1.165) is 19.0 Å². The second kappa shape index (κ2) is 6.32. The number of aromatic carboxylic acids is 1. The monoisotopic (exact) mass is 300 g/mol. The number of carboxylic acids is 1. The van der Waals surface area contributed by atoms with Crippen LogP contribution in [0.15, 0.2) is 34.9 Å². The molecule has 1 N–H and O–H groups in total. The Hall–Kier alpha value is -2.14. The summed E-state index contributed by atoms with van der Waals surface area (Å²) in [6.45, 7) is 4.43. The summed E-state index contributed by atoms with van der Waals surface area (Å²) in [7, 11) is 0. The van der Waals surface area contributed by atoms with E-state index < -0.39 is 5.97 Å². The van der Waals surface area contributed by atoms with Crippen molar-refractivity contribution >= 4 is 5.97 Å². The van der Waals surface area contributed by atoms with Crippen molar-refractivity contribution in [2.24, 2.45) is 5.92 Å². The van der Waals surface area contributed by atoms with Crippen molar-refractivity contribution in [1.82, 2.24) is 9.88 Å². The van der Waals surface area contributed by atoms with Gasteiger partial charge in [0, 0.05) is 13.1 Å². The number of oxazole rings is 1. The highest BCUT2D eigenvalue weighted by Gasteiger charge is 2.25. The van der Waals surface area contributed by atoms with Crippen LogP contribution in [0.2, 0.25) is 0 Å². The minimum absolute atomic E-state index is 0.0308. The Labute approximate surface area is 129 Å². The zero-order valence-corrected chi connectivity index (χ0v) is 12.7. The molecule has 1 aliphatic carbocycles. The first kappa shape index (κ1) is 14.8. The maximum Gasteiger partial charge on any atom is 0.357 e. The fourth-order valence-corrected chi connectivity index (χ4v) is 2.48. The summed E-state index contributed by atoms with van der Waals surface area (Å²) >= 11 is 0. The van der Waals surface area contributed by atoms with Gasteiger partial charge in [0.25, 0.3) is 0 Å². The summed E-state index contributed by atoms with van der Waals surface area (Å²) in [4.78, 5) is 17.2. The average Bonchev–Trinajstić information content (AvgIpc) is 3.16. The van der Waals surface area contributed by atoms with E-state index in [-0.39, 0.29) is 5.69 Å². The lowest BCUT2D eigenvalue weighted by Crippen LogP contribution is -2.25. The summed E-state index contributed by atoms with van der Waals surface area (Å²) in [5.41, 5.74) is 2.46. The van der Waals surface area contributed by atoms with Crippen LogP contribution in [-0.4, -0.2) is 27.5 Å². The highest BCUT2D eigenvalue weighted by atomic mass is 16.4. The van der Waals surface area contributed by atoms with Crippen LogP contribution in [0.5, 0.6) is 0 Å². The molecular weight excluding hydrogens is 280 g/mol. The smallest absolute Gasteiger partial charge is 0.357 e. The Morgan fingerprint density at radius 2 is 2.05 bits per heavy atom. The minimum Gasteiger partial charge on any atom is -0.476 e. The molecule has 2 aromatic rings. The molecule has 1 aromatic carbocycles. The lowest BCUT2D eigenvalue weighted by molar-refractivity contribution is 0.0690. The molecule has 116 valence electrons. The van der Waals surface area contributed by atoms with Gasteiger partial charge in [-0.3, -0.25) is 4.90 Å². The standard InChI is InChI=1S/C17H20N2O3/c1-12-2-4-13(5-3-12)8-19(9-14-6-7-14)10-16-18-15(11-22-16)17(20)21/h2-5,11,14H,6-10H2,1H3,(H,20,21). The molecule has 0 unspecified atom stereocenters. The summed E-state index contributed by atoms with van der Waals surface area (Å²) in [5, 5.41) is 8.91. The summed E-state index contributed by atoms with van der Waals surface area (Å²) in [5.74, 6) is 0.159. The van der Waals surface area contributed by atoms with Crippen LogP contribution in [0.25, 0.3) is 0 Å². The molecule has 0 saturated heterocycles. The van der Waals surface area contributed by atoms with Gasteiger partial charge in [-0.15, -0.1) is 0 Å². The Morgan fingerprint density at radius 3 is 2.64 bits per heavy atom. The van der Waals surface area contributed by atoms with Gasteiger partial charge in [-0.05, 0) is 31.2 Å². The van der Waals surface area contributed by atoms with Crippen LogP contribution in [0.4, 0.5) is 0 Å². The Balaban J connectivity index is 1.68. The topological polar surface area (TPSA) is 66.6 Å². The number of carboxylic acid groups (broad SMARTS) is 1. The maximum absolute atomic E-state index is 10.9. The quantitative estimate of drug-likeness (QED) is 0.851. The van der Waals surface area contributed by atoms with Gasteiger partial charge in [0.15, 0.2) is 5.69 Å². The van der Waals surface area contributed by atoms with Crippen molar-refractivity contribution in [2.75, 3.05) is 6.54 Å². The normalized spacial score (nSPS) is 14.5. The van der Waals surface area contributed by atoms with Crippen LogP contribution >= 0.6 is 0 Å². The molecule has 1 heterocycles. The molecule has 0 radical (unpaired) electrons. The van der Waals surface area contributed by atoms with Crippen molar-refractivity contribution in [3.63, 3.8) is 0 Å². The Morgan fingerprint density at radius 1 is 1.32 bits per heavy atom. The van der Waals surface area contributed by atoms with E-state index in [4.69, 9.17) is 9.52 Å². The number of carbonyl (C=O) groups is 1. The summed E-state index contributed by atoms with van der Waals surface area (Å²) in [6, 6.07) is 8.48. The van der Waals surface area contributed by atoms with Gasteiger partial charge >= 0.3 is 5.97 Å². The Kier molecular flexibility index (Phi) is 4.24. The van der Waals surface area contributed by atoms with E-state index in [1.807, 2.05) is 0 Å². The van der Waals surface area contributed by atoms with Gasteiger partial charge in [-0.1, -0.05) is 29.8 Å². The van der Waals surface area contributed by atoms with Crippen molar-refractivity contribution in [3.8, 4) is 0 Å². The van der Waals surface area contributed by atoms with Crippen LogP contribution < -0.4 is 0 Å². The van der Waals surface area contributed by atoms with Crippen LogP contribution in [0.1, 0.15) is 40.3 Å². The molecule has 0 aliphatic heterocycles. The third-order valence-electron chi connectivity index (χ3n) is 3.87. The number of nitrogens with zero attached hydrogens (tertiary/aromatic N) is 2. The zero-order chi connectivity index (χ0) is 15.5. The molecular formula is C17H20N2O3. The predicted molar refractivity (Wildman–Crippen MR) is 81.5 cm³/mol. The first-order chi connectivity index (χ1) is 10.6. The second-order valence-electron chi connectivity index (χ2n) is 6.03. The molecule has 1 aliphatic rings. The molecule has 1 aromatic heterocycles. The third-order valence-corrected chi connectivity index (χ3v) is 3.87. The molecule has 1 fully saturated rings. The lowest BCUT2D eigenvalue weighted by atomic mass is 10.1. The zero-order valence-electron chi connectivity index (χ0n) is 12.7. The van der Waals surface area contributed by atoms with E-state index in [1.54, 1.807) is 0 Å². The summed E-state index contributed by atoms with van der Waals surface area (Å²) < 4.78 is 5.28. The van der Waals surface area contributed by atoms with E-state index in [9.17, 15) is 4.79 Å². The van der Waals surface area contributed by atoms with Crippen LogP contribution in [0.3, 0.4) is 0 Å². The van der Waals surface area contributed by atoms with Gasteiger partial charge in [-0.25, -0.2) is 9.78 Å². The molecule has 3 rings (SSSR count). The van der Waals surface area contributed by atoms with E-state index in [2.05, 4.69) is 41.1 Å². The molecule has 22 heavy (non-hydrogen) atoms. The van der Waals surface area contributed by atoms with Crippen molar-refractivity contribution in [1.29, 1.82) is 0 Å². The fourth-order valence-electron chi connectivity index (χ4n) is 2.48. The van der Waals surface area contributed by atoms with Crippen molar-refractivity contribution in [2.45, 2.75) is 32.9 Å². The van der Waals surface area contributed by atoms with Gasteiger partial charge in [0.2, 0.25) is 5.89 Å². The van der Waals surface area contributed by atoms with E-state index in [0.29, 0.717) is 12.4 Å². The van der Waals surface area contributed by atoms with E-state index in [1.165, 1.54) is 30.2 Å². The van der Waals surface area contributed by atoms with E-state index >= 15 is 0 Å². The van der Waals surface area contributed by atoms with Crippen molar-refractivity contribution < 1.29 is 14.3 Å². The number of hydrogen-bond acceptors (Lipinski definition) is 4. The third kappa shape index (κ3) is 3.95. The average molecular weight is 300 g/mol. The first-order valence-corrected chi connectivity index (χ1v) is 7.56. The van der Waals surface area contributed by atoms with Gasteiger partial charge in [-0.2, -0.15) is 0 Å². The number of hydrogen-bond donors (Lipinski definition) is 1. The van der Waals surface area contributed by atoms with Gasteiger partial charge < -0.3 is 9.52 Å². The fraction of sp³-hybridized carbons (Fsp3) is 0.412. The molecule has 5 nitrogen and oxygen atoms in total. The number of benzene rings is 1. The molecule has 0 atom stereocenters. The minimum atomic E-state index is -1.05. The summed E-state index contributed by atoms with van der Waals surface area (Å²) in [6.07, 6.45) is 3.76. The van der Waals surface area contributed by atoms with Crippen LogP contribution in [0, 0.1) is 12.8 Å². The highest BCUT2D eigenvalue weighted by molar-refractivity contribution is 5.84. The van der Waals surface area contributed by atoms with Crippen molar-refractivity contribution in [3.05, 3.63) is 53.2 Å². The first-order valence-electron chi connectivity index (χ1n) is 7.56. The van der Waals surface area contributed by atoms with Crippen LogP contribution in [-0.2, 0) is 13.1 Å². The lowest BCUT2D eigenvalue weighted by Gasteiger charge is -2.20. The molecule has 0 amide bonds. The maximum atomic E-state index is 10.9. The molecule has 1 saturated carbocycles. The number of aromatic nitrogens is 1.